The Morgan fingerprint density at radius 1 is 1.35 bits per heavy atom. The van der Waals surface area contributed by atoms with Crippen molar-refractivity contribution in [1.29, 1.82) is 0 Å². The van der Waals surface area contributed by atoms with Crippen LogP contribution in [0, 0.1) is 0 Å². The number of nitrogens with zero attached hydrogens (tertiary/aromatic N) is 1. The first-order chi connectivity index (χ1) is 9.76. The van der Waals surface area contributed by atoms with Crippen molar-refractivity contribution in [3.8, 4) is 5.75 Å². The number of nitrogens with one attached hydrogen (secondary N) is 1. The third-order valence-corrected chi connectivity index (χ3v) is 3.88. The quantitative estimate of drug-likeness (QED) is 0.867. The van der Waals surface area contributed by atoms with Gasteiger partial charge in [-0.3, -0.25) is 4.79 Å². The molecule has 1 heterocycles. The minimum absolute atomic E-state index is 0.151. The van der Waals surface area contributed by atoms with Crippen LogP contribution in [0.25, 0.3) is 0 Å². The van der Waals surface area contributed by atoms with Crippen molar-refractivity contribution in [2.75, 3.05) is 26.7 Å². The summed E-state index contributed by atoms with van der Waals surface area (Å²) in [6.07, 6.45) is 3.19. The first-order valence-corrected chi connectivity index (χ1v) is 7.40. The fraction of sp³-hybridized carbons (Fsp3) is 0.562. The number of amides is 1. The van der Waals surface area contributed by atoms with E-state index < -0.39 is 0 Å². The number of carbonyl (C=O) groups is 1. The van der Waals surface area contributed by atoms with E-state index in [1.54, 1.807) is 7.11 Å². The van der Waals surface area contributed by atoms with Gasteiger partial charge in [0, 0.05) is 24.7 Å². The Morgan fingerprint density at radius 3 is 2.70 bits per heavy atom. The zero-order chi connectivity index (χ0) is 14.4. The second-order valence-electron chi connectivity index (χ2n) is 5.17. The second kappa shape index (κ2) is 7.29. The number of rotatable bonds is 6. The Labute approximate surface area is 121 Å². The number of hydrogen-bond donors (Lipinski definition) is 1. The van der Waals surface area contributed by atoms with Crippen molar-refractivity contribution < 1.29 is 9.53 Å². The number of methoxy groups -OCH3 is 1. The summed E-state index contributed by atoms with van der Waals surface area (Å²) >= 11 is 0. The van der Waals surface area contributed by atoms with E-state index in [0.29, 0.717) is 6.54 Å². The maximum absolute atomic E-state index is 12.1. The van der Waals surface area contributed by atoms with Gasteiger partial charge in [-0.1, -0.05) is 25.1 Å². The Hall–Kier alpha value is -1.55. The summed E-state index contributed by atoms with van der Waals surface area (Å²) in [5, 5.41) is 3.37. The Balaban J connectivity index is 1.96. The van der Waals surface area contributed by atoms with Crippen LogP contribution in [0.3, 0.4) is 0 Å². The highest BCUT2D eigenvalue weighted by Gasteiger charge is 2.20. The Morgan fingerprint density at radius 2 is 2.05 bits per heavy atom. The van der Waals surface area contributed by atoms with Gasteiger partial charge in [-0.2, -0.15) is 0 Å². The lowest BCUT2D eigenvalue weighted by molar-refractivity contribution is -0.129. The summed E-state index contributed by atoms with van der Waals surface area (Å²) in [6.45, 7) is 4.33. The van der Waals surface area contributed by atoms with E-state index in [1.165, 1.54) is 0 Å². The maximum atomic E-state index is 12.1. The molecule has 20 heavy (non-hydrogen) atoms. The van der Waals surface area contributed by atoms with Gasteiger partial charge in [-0.15, -0.1) is 0 Å². The molecule has 0 spiro atoms. The van der Waals surface area contributed by atoms with E-state index in [9.17, 15) is 4.79 Å². The van der Waals surface area contributed by atoms with Crippen molar-refractivity contribution in [3.05, 3.63) is 29.8 Å². The van der Waals surface area contributed by atoms with Gasteiger partial charge in [0.05, 0.1) is 13.7 Å². The van der Waals surface area contributed by atoms with E-state index >= 15 is 0 Å². The van der Waals surface area contributed by atoms with Crippen LogP contribution in [0.15, 0.2) is 24.3 Å². The number of benzene rings is 1. The van der Waals surface area contributed by atoms with Gasteiger partial charge < -0.3 is 15.0 Å². The summed E-state index contributed by atoms with van der Waals surface area (Å²) in [5.74, 6) is 1.08. The zero-order valence-corrected chi connectivity index (χ0v) is 12.4. The zero-order valence-electron chi connectivity index (χ0n) is 12.4. The Bertz CT molecular complexity index is 442. The fourth-order valence-corrected chi connectivity index (χ4v) is 2.72. The third-order valence-electron chi connectivity index (χ3n) is 3.88. The molecule has 1 saturated heterocycles. The molecule has 1 amide bonds. The highest BCUT2D eigenvalue weighted by atomic mass is 16.5. The fourth-order valence-electron chi connectivity index (χ4n) is 2.72. The van der Waals surface area contributed by atoms with Crippen LogP contribution in [-0.4, -0.2) is 37.6 Å². The van der Waals surface area contributed by atoms with Gasteiger partial charge in [-0.25, -0.2) is 0 Å². The highest BCUT2D eigenvalue weighted by molar-refractivity contribution is 5.78. The molecule has 0 bridgehead atoms. The minimum Gasteiger partial charge on any atom is -0.496 e. The molecule has 0 radical (unpaired) electrons. The van der Waals surface area contributed by atoms with Crippen LogP contribution >= 0.6 is 0 Å². The van der Waals surface area contributed by atoms with Crippen LogP contribution < -0.4 is 10.1 Å². The molecule has 0 aliphatic carbocycles. The molecular weight excluding hydrogens is 252 g/mol. The Kier molecular flexibility index (Phi) is 5.41. The number of likely N-dealkylation sites (tertiary alicyclic amines) is 1. The molecule has 1 atom stereocenters. The average Bonchev–Trinajstić information content (AvgIpc) is 3.02. The molecule has 1 N–H and O–H groups in total. The number of hydrogen-bond acceptors (Lipinski definition) is 3. The molecule has 1 aromatic carbocycles. The molecule has 110 valence electrons. The normalized spacial score (nSPS) is 16.2. The largest absolute Gasteiger partial charge is 0.496 e. The van der Waals surface area contributed by atoms with Crippen LogP contribution in [0.5, 0.6) is 5.75 Å². The van der Waals surface area contributed by atoms with Crippen molar-refractivity contribution in [1.82, 2.24) is 10.2 Å². The standard InChI is InChI=1S/C16H24N2O2/c1-3-14(13-8-4-5-9-15(13)20-2)17-12-16(19)18-10-6-7-11-18/h4-5,8-9,14,17H,3,6-7,10-12H2,1-2H3. The first-order valence-electron chi connectivity index (χ1n) is 7.40. The highest BCUT2D eigenvalue weighted by Crippen LogP contribution is 2.26. The van der Waals surface area contributed by atoms with Gasteiger partial charge in [0.1, 0.15) is 5.75 Å². The number of ether oxygens (including phenoxy) is 1. The average molecular weight is 276 g/mol. The summed E-state index contributed by atoms with van der Waals surface area (Å²) in [7, 11) is 1.68. The number of carbonyl (C=O) groups excluding carboxylic acids is 1. The van der Waals surface area contributed by atoms with Crippen molar-refractivity contribution in [2.45, 2.75) is 32.2 Å². The number of para-hydroxylation sites is 1. The van der Waals surface area contributed by atoms with Gasteiger partial charge in [0.2, 0.25) is 5.91 Å². The second-order valence-corrected chi connectivity index (χ2v) is 5.17. The summed E-state index contributed by atoms with van der Waals surface area (Å²) in [6, 6.07) is 8.13. The minimum atomic E-state index is 0.151. The molecule has 0 aromatic heterocycles. The topological polar surface area (TPSA) is 41.6 Å². The molecule has 0 saturated carbocycles. The molecule has 4 heteroatoms. The van der Waals surface area contributed by atoms with E-state index in [4.69, 9.17) is 4.74 Å². The molecule has 1 aliphatic heterocycles. The van der Waals surface area contributed by atoms with E-state index in [1.807, 2.05) is 23.1 Å². The molecule has 1 aliphatic rings. The van der Waals surface area contributed by atoms with Crippen molar-refractivity contribution in [2.24, 2.45) is 0 Å². The van der Waals surface area contributed by atoms with Gasteiger partial charge in [0.15, 0.2) is 0 Å². The third kappa shape index (κ3) is 3.51. The SMILES string of the molecule is CCC(NCC(=O)N1CCCC1)c1ccccc1OC. The van der Waals surface area contributed by atoms with Crippen molar-refractivity contribution in [3.63, 3.8) is 0 Å². The van der Waals surface area contributed by atoms with Crippen LogP contribution in [-0.2, 0) is 4.79 Å². The monoisotopic (exact) mass is 276 g/mol. The predicted octanol–water partition coefficient (Wildman–Crippen LogP) is 2.36. The van der Waals surface area contributed by atoms with E-state index in [0.717, 1.165) is 43.7 Å². The molecular formula is C16H24N2O2. The first kappa shape index (κ1) is 14.9. The molecule has 1 unspecified atom stereocenters. The molecule has 2 rings (SSSR count). The van der Waals surface area contributed by atoms with Gasteiger partial charge in [0.25, 0.3) is 0 Å². The summed E-state index contributed by atoms with van der Waals surface area (Å²) in [4.78, 5) is 14.0. The lowest BCUT2D eigenvalue weighted by atomic mass is 10.0. The van der Waals surface area contributed by atoms with Crippen LogP contribution in [0.1, 0.15) is 37.8 Å². The van der Waals surface area contributed by atoms with Crippen molar-refractivity contribution >= 4 is 5.91 Å². The molecule has 1 fully saturated rings. The molecule has 4 nitrogen and oxygen atoms in total. The van der Waals surface area contributed by atoms with Gasteiger partial charge >= 0.3 is 0 Å². The lowest BCUT2D eigenvalue weighted by Gasteiger charge is -2.22. The predicted molar refractivity (Wildman–Crippen MR) is 79.8 cm³/mol. The van der Waals surface area contributed by atoms with Gasteiger partial charge in [-0.05, 0) is 25.3 Å². The summed E-state index contributed by atoms with van der Waals surface area (Å²) in [5.41, 5.74) is 1.12. The van der Waals surface area contributed by atoms with Crippen LogP contribution in [0.2, 0.25) is 0 Å². The van der Waals surface area contributed by atoms with Crippen LogP contribution in [0.4, 0.5) is 0 Å². The summed E-state index contributed by atoms with van der Waals surface area (Å²) < 4.78 is 5.40. The molecule has 1 aromatic rings. The maximum Gasteiger partial charge on any atom is 0.236 e. The smallest absolute Gasteiger partial charge is 0.236 e. The van der Waals surface area contributed by atoms with E-state index in [-0.39, 0.29) is 11.9 Å². The van der Waals surface area contributed by atoms with E-state index in [2.05, 4.69) is 18.3 Å². The lowest BCUT2D eigenvalue weighted by Crippen LogP contribution is -2.37.